The Bertz CT molecular complexity index is 3490. The molecule has 1 aromatic heterocycles. The van der Waals surface area contributed by atoms with E-state index in [9.17, 15) is 0 Å². The minimum atomic E-state index is 0.913. The van der Waals surface area contributed by atoms with Gasteiger partial charge < -0.3 is 4.42 Å². The molecular weight excluding hydrogens is 665 g/mol. The van der Waals surface area contributed by atoms with Crippen LogP contribution in [0.4, 0.5) is 0 Å². The molecule has 0 spiro atoms. The van der Waals surface area contributed by atoms with Crippen LogP contribution in [-0.2, 0) is 0 Å². The maximum atomic E-state index is 6.86. The molecule has 0 amide bonds. The summed E-state index contributed by atoms with van der Waals surface area (Å²) in [7, 11) is 0. The fraction of sp³-hybridized carbons (Fsp3) is 0. The van der Waals surface area contributed by atoms with Crippen LogP contribution in [0.15, 0.2) is 199 Å². The highest BCUT2D eigenvalue weighted by Gasteiger charge is 2.23. The van der Waals surface area contributed by atoms with E-state index < -0.39 is 0 Å². The van der Waals surface area contributed by atoms with Crippen LogP contribution in [0.5, 0.6) is 0 Å². The summed E-state index contributed by atoms with van der Waals surface area (Å²) < 4.78 is 6.86. The summed E-state index contributed by atoms with van der Waals surface area (Å²) in [5, 5.41) is 17.1. The summed E-state index contributed by atoms with van der Waals surface area (Å²) >= 11 is 0. The molecule has 1 nitrogen and oxygen atoms in total. The van der Waals surface area contributed by atoms with E-state index in [2.05, 4.69) is 194 Å². The molecule has 0 saturated heterocycles. The first kappa shape index (κ1) is 30.3. The van der Waals surface area contributed by atoms with Crippen molar-refractivity contribution in [1.29, 1.82) is 0 Å². The van der Waals surface area contributed by atoms with Gasteiger partial charge in [-0.1, -0.05) is 176 Å². The van der Waals surface area contributed by atoms with E-state index in [1.165, 1.54) is 97.8 Å². The molecule has 0 fully saturated rings. The molecule has 0 atom stereocenters. The topological polar surface area (TPSA) is 13.1 Å². The first-order chi connectivity index (χ1) is 27.3. The van der Waals surface area contributed by atoms with Gasteiger partial charge in [-0.2, -0.15) is 0 Å². The maximum absolute atomic E-state index is 6.86. The number of furan rings is 1. The number of benzene rings is 11. The van der Waals surface area contributed by atoms with E-state index in [1.54, 1.807) is 0 Å². The SMILES string of the molecule is c1ccc2cc(-c3cccc4c(-c5c6ccccc6c(-c6cccc7c6oc6ccc8ccccc8c67)c6ccccc56)c5ccccc5cc34)ccc2c1. The summed E-state index contributed by atoms with van der Waals surface area (Å²) in [5.74, 6) is 0. The molecule has 0 aliphatic carbocycles. The quantitative estimate of drug-likeness (QED) is 0.168. The van der Waals surface area contributed by atoms with Crippen molar-refractivity contribution in [2.45, 2.75) is 0 Å². The van der Waals surface area contributed by atoms with E-state index in [1.807, 2.05) is 0 Å². The van der Waals surface area contributed by atoms with Gasteiger partial charge in [0.05, 0.1) is 0 Å². The fourth-order valence-corrected chi connectivity index (χ4v) is 9.42. The summed E-state index contributed by atoms with van der Waals surface area (Å²) in [5.41, 5.74) is 9.14. The zero-order valence-electron chi connectivity index (χ0n) is 29.9. The standard InChI is InChI=1S/C54H32O/c1-2-15-35-31-37(28-27-33(35)13-1)38-23-11-24-45-48(38)32-36-16-4-6-18-40(36)52(45)53-43-21-9-7-19-41(43)50(42-20-8-10-22-44(42)53)46-25-12-26-47-51-39-17-5-3-14-34(39)29-30-49(51)55-54(46)47/h1-32H. The molecule has 11 aromatic carbocycles. The van der Waals surface area contributed by atoms with Crippen molar-refractivity contribution >= 4 is 86.6 Å². The zero-order valence-corrected chi connectivity index (χ0v) is 29.9. The van der Waals surface area contributed by atoms with E-state index in [4.69, 9.17) is 4.42 Å². The lowest BCUT2D eigenvalue weighted by atomic mass is 9.82. The van der Waals surface area contributed by atoms with Crippen molar-refractivity contribution < 1.29 is 4.42 Å². The van der Waals surface area contributed by atoms with E-state index in [-0.39, 0.29) is 0 Å². The van der Waals surface area contributed by atoms with Crippen LogP contribution in [0, 0.1) is 0 Å². The Labute approximate surface area is 317 Å². The van der Waals surface area contributed by atoms with Gasteiger partial charge in [0.15, 0.2) is 0 Å². The van der Waals surface area contributed by atoms with Gasteiger partial charge in [-0.25, -0.2) is 0 Å². The predicted octanol–water partition coefficient (Wildman–Crippen LogP) is 15.5. The summed E-state index contributed by atoms with van der Waals surface area (Å²) in [6, 6.07) is 71.1. The minimum absolute atomic E-state index is 0.913. The van der Waals surface area contributed by atoms with Crippen LogP contribution in [0.3, 0.4) is 0 Å². The molecule has 0 unspecified atom stereocenters. The molecule has 55 heavy (non-hydrogen) atoms. The number of hydrogen-bond donors (Lipinski definition) is 0. The maximum Gasteiger partial charge on any atom is 0.143 e. The molecule has 12 rings (SSSR count). The lowest BCUT2D eigenvalue weighted by Crippen LogP contribution is -1.94. The number of para-hydroxylation sites is 1. The van der Waals surface area contributed by atoms with Crippen molar-refractivity contribution in [1.82, 2.24) is 0 Å². The Balaban J connectivity index is 1.20. The van der Waals surface area contributed by atoms with Gasteiger partial charge in [0, 0.05) is 21.9 Å². The van der Waals surface area contributed by atoms with Crippen LogP contribution < -0.4 is 0 Å². The molecule has 0 N–H and O–H groups in total. The van der Waals surface area contributed by atoms with E-state index in [0.29, 0.717) is 0 Å². The van der Waals surface area contributed by atoms with Gasteiger partial charge >= 0.3 is 0 Å². The second-order valence-corrected chi connectivity index (χ2v) is 14.7. The molecule has 0 saturated carbocycles. The summed E-state index contributed by atoms with van der Waals surface area (Å²) in [6.07, 6.45) is 0. The molecule has 1 heteroatoms. The molecule has 1 heterocycles. The van der Waals surface area contributed by atoms with Crippen LogP contribution in [0.25, 0.3) is 120 Å². The van der Waals surface area contributed by atoms with Crippen LogP contribution in [0.1, 0.15) is 0 Å². The Kier molecular flexibility index (Phi) is 6.40. The smallest absolute Gasteiger partial charge is 0.143 e. The van der Waals surface area contributed by atoms with Gasteiger partial charge in [-0.15, -0.1) is 0 Å². The second kappa shape index (κ2) is 11.6. The molecule has 0 bridgehead atoms. The third-order valence-electron chi connectivity index (χ3n) is 11.8. The average Bonchev–Trinajstić information content (AvgIpc) is 3.64. The highest BCUT2D eigenvalue weighted by atomic mass is 16.3. The first-order valence-electron chi connectivity index (χ1n) is 19.0. The molecule has 254 valence electrons. The largest absolute Gasteiger partial charge is 0.455 e. The lowest BCUT2D eigenvalue weighted by Gasteiger charge is -2.21. The lowest BCUT2D eigenvalue weighted by molar-refractivity contribution is 0.670. The van der Waals surface area contributed by atoms with Crippen molar-refractivity contribution in [3.05, 3.63) is 194 Å². The Hall–Kier alpha value is -7.22. The fourth-order valence-electron chi connectivity index (χ4n) is 9.42. The predicted molar refractivity (Wildman–Crippen MR) is 235 cm³/mol. The average molecular weight is 697 g/mol. The Morgan fingerprint density at radius 2 is 0.782 bits per heavy atom. The van der Waals surface area contributed by atoms with Gasteiger partial charge in [0.1, 0.15) is 11.2 Å². The highest BCUT2D eigenvalue weighted by Crippen LogP contribution is 2.50. The molecule has 12 aromatic rings. The third kappa shape index (κ3) is 4.41. The van der Waals surface area contributed by atoms with Gasteiger partial charge in [0.2, 0.25) is 0 Å². The molecule has 0 aliphatic heterocycles. The summed E-state index contributed by atoms with van der Waals surface area (Å²) in [4.78, 5) is 0. The molecular formula is C54H32O. The Morgan fingerprint density at radius 1 is 0.273 bits per heavy atom. The van der Waals surface area contributed by atoms with Crippen LogP contribution in [-0.4, -0.2) is 0 Å². The zero-order chi connectivity index (χ0) is 36.0. The van der Waals surface area contributed by atoms with Crippen LogP contribution in [0.2, 0.25) is 0 Å². The highest BCUT2D eigenvalue weighted by molar-refractivity contribution is 6.30. The van der Waals surface area contributed by atoms with Gasteiger partial charge in [0.25, 0.3) is 0 Å². The minimum Gasteiger partial charge on any atom is -0.455 e. The third-order valence-corrected chi connectivity index (χ3v) is 11.8. The number of hydrogen-bond acceptors (Lipinski definition) is 1. The molecule has 0 radical (unpaired) electrons. The van der Waals surface area contributed by atoms with Crippen molar-refractivity contribution in [2.24, 2.45) is 0 Å². The second-order valence-electron chi connectivity index (χ2n) is 14.7. The molecule has 0 aliphatic rings. The van der Waals surface area contributed by atoms with E-state index >= 15 is 0 Å². The normalized spacial score (nSPS) is 12.0. The Morgan fingerprint density at radius 3 is 1.53 bits per heavy atom. The van der Waals surface area contributed by atoms with Crippen molar-refractivity contribution in [3.63, 3.8) is 0 Å². The van der Waals surface area contributed by atoms with Gasteiger partial charge in [-0.3, -0.25) is 0 Å². The van der Waals surface area contributed by atoms with Crippen molar-refractivity contribution in [3.8, 4) is 33.4 Å². The van der Waals surface area contributed by atoms with Crippen LogP contribution >= 0.6 is 0 Å². The summed E-state index contributed by atoms with van der Waals surface area (Å²) in [6.45, 7) is 0. The number of rotatable bonds is 3. The van der Waals surface area contributed by atoms with Crippen molar-refractivity contribution in [2.75, 3.05) is 0 Å². The monoisotopic (exact) mass is 696 g/mol. The first-order valence-corrected chi connectivity index (χ1v) is 19.0. The van der Waals surface area contributed by atoms with E-state index in [0.717, 1.165) is 22.1 Å². The number of fused-ring (bicyclic) bond motifs is 10. The van der Waals surface area contributed by atoms with Gasteiger partial charge in [-0.05, 0) is 105 Å².